The molecule has 2 unspecified atom stereocenters. The predicted molar refractivity (Wildman–Crippen MR) is 136 cm³/mol. The number of halogens is 4. The standard InChI is InChI=1S/C27H32F4N4O/c1-5-9-24(26(6-2)36-4)32-14-8-10-19-16-20-22(33-23-13-15-34(3)17-21(23)28)11-7-12-25(20)35(19)18-27(29,30)31/h5-7,9,11-12,16,21,23,32-33H,1,13-15,17-18H2,2-4H3/b24-9+,26-6+. The number of piperidine rings is 1. The molecule has 0 amide bonds. The van der Waals surface area contributed by atoms with Crippen LogP contribution in [0, 0.1) is 11.8 Å². The van der Waals surface area contributed by atoms with Gasteiger partial charge in [-0.15, -0.1) is 0 Å². The van der Waals surface area contributed by atoms with Crippen LogP contribution in [0.5, 0.6) is 0 Å². The summed E-state index contributed by atoms with van der Waals surface area (Å²) >= 11 is 0. The zero-order chi connectivity index (χ0) is 26.3. The fraction of sp³-hybridized carbons (Fsp3) is 0.407. The second kappa shape index (κ2) is 12.0. The number of rotatable bonds is 8. The van der Waals surface area contributed by atoms with Crippen LogP contribution in [0.15, 0.2) is 60.5 Å². The number of methoxy groups -OCH3 is 1. The van der Waals surface area contributed by atoms with Gasteiger partial charge in [0.05, 0.1) is 36.6 Å². The van der Waals surface area contributed by atoms with E-state index in [1.807, 2.05) is 18.9 Å². The van der Waals surface area contributed by atoms with Crippen LogP contribution >= 0.6 is 0 Å². The van der Waals surface area contributed by atoms with Crippen molar-refractivity contribution in [1.29, 1.82) is 0 Å². The molecule has 0 saturated carbocycles. The minimum absolute atomic E-state index is 0.179. The summed E-state index contributed by atoms with van der Waals surface area (Å²) in [4.78, 5) is 1.92. The van der Waals surface area contributed by atoms with Gasteiger partial charge in [-0.25, -0.2) is 4.39 Å². The molecule has 2 heterocycles. The molecule has 36 heavy (non-hydrogen) atoms. The molecule has 1 aromatic carbocycles. The van der Waals surface area contributed by atoms with Gasteiger partial charge >= 0.3 is 6.18 Å². The minimum Gasteiger partial charge on any atom is -0.495 e. The molecular weight excluding hydrogens is 472 g/mol. The van der Waals surface area contributed by atoms with Gasteiger partial charge < -0.3 is 24.8 Å². The van der Waals surface area contributed by atoms with E-state index in [2.05, 4.69) is 29.1 Å². The first-order valence-electron chi connectivity index (χ1n) is 11.7. The Balaban J connectivity index is 1.91. The van der Waals surface area contributed by atoms with Gasteiger partial charge in [0, 0.05) is 24.2 Å². The van der Waals surface area contributed by atoms with Crippen molar-refractivity contribution in [3.05, 3.63) is 66.2 Å². The molecule has 5 nitrogen and oxygen atoms in total. The third kappa shape index (κ3) is 6.85. The van der Waals surface area contributed by atoms with E-state index < -0.39 is 24.9 Å². The summed E-state index contributed by atoms with van der Waals surface area (Å²) in [6.07, 6.45) is 0.194. The maximum absolute atomic E-state index is 14.6. The number of ether oxygens (including phenoxy) is 1. The molecule has 1 aromatic heterocycles. The van der Waals surface area contributed by atoms with E-state index in [9.17, 15) is 17.6 Å². The lowest BCUT2D eigenvalue weighted by molar-refractivity contribution is -0.140. The second-order valence-corrected chi connectivity index (χ2v) is 8.62. The number of aromatic nitrogens is 1. The molecule has 1 aliphatic rings. The van der Waals surface area contributed by atoms with E-state index in [-0.39, 0.29) is 12.2 Å². The molecule has 2 atom stereocenters. The monoisotopic (exact) mass is 504 g/mol. The Labute approximate surface area is 209 Å². The highest BCUT2D eigenvalue weighted by atomic mass is 19.4. The molecule has 3 rings (SSSR count). The Morgan fingerprint density at radius 3 is 2.75 bits per heavy atom. The van der Waals surface area contributed by atoms with Crippen molar-refractivity contribution >= 4 is 16.6 Å². The van der Waals surface area contributed by atoms with Crippen LogP contribution in [0.25, 0.3) is 10.9 Å². The Hall–Kier alpha value is -3.38. The highest BCUT2D eigenvalue weighted by Gasteiger charge is 2.31. The normalized spacial score (nSPS) is 19.5. The van der Waals surface area contributed by atoms with Gasteiger partial charge in [0.25, 0.3) is 0 Å². The molecule has 194 valence electrons. The second-order valence-electron chi connectivity index (χ2n) is 8.62. The number of hydrogen-bond acceptors (Lipinski definition) is 4. The fourth-order valence-electron chi connectivity index (χ4n) is 4.29. The van der Waals surface area contributed by atoms with Crippen LogP contribution in [0.3, 0.4) is 0 Å². The van der Waals surface area contributed by atoms with Crippen LogP contribution in [0.1, 0.15) is 19.0 Å². The van der Waals surface area contributed by atoms with Crippen LogP contribution < -0.4 is 10.6 Å². The number of likely N-dealkylation sites (tertiary alicyclic amines) is 1. The SMILES string of the molecule is C=C/C=C(NCC#Cc1cc2c(NC3CCN(C)CC3F)cccc2n1CC(F)(F)F)\C(=C/C)OC. The number of hydrogen-bond donors (Lipinski definition) is 2. The zero-order valence-corrected chi connectivity index (χ0v) is 20.8. The molecular formula is C27H32F4N4O. The van der Waals surface area contributed by atoms with Crippen LogP contribution in [0.4, 0.5) is 23.2 Å². The average molecular weight is 505 g/mol. The Bertz CT molecular complexity index is 1190. The molecule has 1 saturated heterocycles. The molecule has 2 N–H and O–H groups in total. The number of allylic oxidation sites excluding steroid dienone is 3. The first-order valence-corrected chi connectivity index (χ1v) is 11.7. The summed E-state index contributed by atoms with van der Waals surface area (Å²) in [5.74, 6) is 6.37. The smallest absolute Gasteiger partial charge is 0.406 e. The summed E-state index contributed by atoms with van der Waals surface area (Å²) in [5, 5.41) is 6.90. The van der Waals surface area contributed by atoms with Gasteiger partial charge in [0.2, 0.25) is 0 Å². The van der Waals surface area contributed by atoms with Gasteiger partial charge in [0.15, 0.2) is 0 Å². The largest absolute Gasteiger partial charge is 0.495 e. The first-order chi connectivity index (χ1) is 17.2. The van der Waals surface area contributed by atoms with Gasteiger partial charge in [-0.2, -0.15) is 13.2 Å². The summed E-state index contributed by atoms with van der Waals surface area (Å²) < 4.78 is 61.4. The van der Waals surface area contributed by atoms with Crippen molar-refractivity contribution in [2.45, 2.75) is 38.3 Å². The molecule has 0 spiro atoms. The molecule has 2 aromatic rings. The van der Waals surface area contributed by atoms with Gasteiger partial charge in [0.1, 0.15) is 18.5 Å². The lowest BCUT2D eigenvalue weighted by Crippen LogP contribution is -2.46. The molecule has 1 aliphatic heterocycles. The van der Waals surface area contributed by atoms with E-state index >= 15 is 0 Å². The number of fused-ring (bicyclic) bond motifs is 1. The number of anilines is 1. The van der Waals surface area contributed by atoms with E-state index in [0.717, 1.165) is 11.1 Å². The topological polar surface area (TPSA) is 41.5 Å². The van der Waals surface area contributed by atoms with Gasteiger partial charge in [-0.1, -0.05) is 24.6 Å². The highest BCUT2D eigenvalue weighted by Crippen LogP contribution is 2.31. The Kier molecular flexibility index (Phi) is 9.10. The first kappa shape index (κ1) is 27.2. The molecule has 0 bridgehead atoms. The number of benzene rings is 1. The van der Waals surface area contributed by atoms with Crippen molar-refractivity contribution in [2.75, 3.05) is 39.1 Å². The third-order valence-electron chi connectivity index (χ3n) is 5.98. The van der Waals surface area contributed by atoms with Gasteiger partial charge in [-0.3, -0.25) is 0 Å². The van der Waals surface area contributed by atoms with E-state index in [4.69, 9.17) is 4.74 Å². The lowest BCUT2D eigenvalue weighted by Gasteiger charge is -2.33. The summed E-state index contributed by atoms with van der Waals surface area (Å²) in [7, 11) is 3.41. The quantitative estimate of drug-likeness (QED) is 0.224. The maximum atomic E-state index is 14.6. The van der Waals surface area contributed by atoms with Crippen LogP contribution in [0.2, 0.25) is 0 Å². The minimum atomic E-state index is -4.43. The zero-order valence-electron chi connectivity index (χ0n) is 20.8. The maximum Gasteiger partial charge on any atom is 0.406 e. The lowest BCUT2D eigenvalue weighted by atomic mass is 10.0. The predicted octanol–water partition coefficient (Wildman–Crippen LogP) is 5.22. The molecule has 0 aliphatic carbocycles. The van der Waals surface area contributed by atoms with Crippen molar-refractivity contribution in [1.82, 2.24) is 14.8 Å². The highest BCUT2D eigenvalue weighted by molar-refractivity contribution is 5.94. The van der Waals surface area contributed by atoms with Crippen LogP contribution in [-0.2, 0) is 11.3 Å². The fourth-order valence-corrected chi connectivity index (χ4v) is 4.29. The number of nitrogens with zero attached hydrogens (tertiary/aromatic N) is 2. The van der Waals surface area contributed by atoms with Crippen molar-refractivity contribution in [3.8, 4) is 11.8 Å². The molecule has 1 fully saturated rings. The van der Waals surface area contributed by atoms with Crippen molar-refractivity contribution < 1.29 is 22.3 Å². The molecule has 9 heteroatoms. The Morgan fingerprint density at radius 1 is 1.33 bits per heavy atom. The molecule has 0 radical (unpaired) electrons. The van der Waals surface area contributed by atoms with Gasteiger partial charge in [-0.05, 0) is 56.7 Å². The van der Waals surface area contributed by atoms with Crippen molar-refractivity contribution in [2.24, 2.45) is 0 Å². The average Bonchev–Trinajstić information content (AvgIpc) is 3.16. The summed E-state index contributed by atoms with van der Waals surface area (Å²) in [6, 6.07) is 6.28. The number of nitrogens with one attached hydrogen (secondary N) is 2. The van der Waals surface area contributed by atoms with Crippen LogP contribution in [-0.4, -0.2) is 61.6 Å². The summed E-state index contributed by atoms with van der Waals surface area (Å²) in [6.45, 7) is 5.56. The van der Waals surface area contributed by atoms with E-state index in [1.165, 1.54) is 7.11 Å². The van der Waals surface area contributed by atoms with E-state index in [1.54, 1.807) is 42.5 Å². The third-order valence-corrected chi connectivity index (χ3v) is 5.98. The van der Waals surface area contributed by atoms with Crippen molar-refractivity contribution in [3.63, 3.8) is 0 Å². The number of alkyl halides is 4. The Morgan fingerprint density at radius 2 is 2.11 bits per heavy atom. The summed E-state index contributed by atoms with van der Waals surface area (Å²) in [5.41, 5.74) is 1.87. The van der Waals surface area contributed by atoms with E-state index in [0.29, 0.717) is 41.0 Å².